The summed E-state index contributed by atoms with van der Waals surface area (Å²) in [6.45, 7) is 3.88. The van der Waals surface area contributed by atoms with Crippen molar-refractivity contribution in [1.29, 1.82) is 0 Å². The van der Waals surface area contributed by atoms with Crippen molar-refractivity contribution in [2.45, 2.75) is 13.1 Å². The van der Waals surface area contributed by atoms with E-state index in [4.69, 9.17) is 13.9 Å². The van der Waals surface area contributed by atoms with Crippen LogP contribution in [0, 0.1) is 0 Å². The first-order valence-corrected chi connectivity index (χ1v) is 8.44. The van der Waals surface area contributed by atoms with E-state index in [0.717, 1.165) is 0 Å². The maximum atomic E-state index is 12.9. The minimum absolute atomic E-state index is 0.0795. The van der Waals surface area contributed by atoms with Crippen LogP contribution in [0.4, 0.5) is 0 Å². The fraction of sp³-hybridized carbons (Fsp3) is 0.200. The largest absolute Gasteiger partial charge is 0.506 e. The first kappa shape index (κ1) is 19.1. The van der Waals surface area contributed by atoms with Gasteiger partial charge in [-0.1, -0.05) is 6.08 Å². The van der Waals surface area contributed by atoms with Gasteiger partial charge in [0.1, 0.15) is 17.1 Å². The molecule has 2 aromatic heterocycles. The van der Waals surface area contributed by atoms with E-state index < -0.39 is 17.2 Å². The summed E-state index contributed by atoms with van der Waals surface area (Å²) in [7, 11) is 2.92. The minimum Gasteiger partial charge on any atom is -0.506 e. The van der Waals surface area contributed by atoms with Crippen LogP contribution in [0.15, 0.2) is 52.4 Å². The second kappa shape index (κ2) is 7.91. The average molecular weight is 384 g/mol. The Balaban J connectivity index is 2.17. The van der Waals surface area contributed by atoms with E-state index in [1.807, 2.05) is 0 Å². The van der Waals surface area contributed by atoms with Crippen molar-refractivity contribution < 1.29 is 23.8 Å². The summed E-state index contributed by atoms with van der Waals surface area (Å²) >= 11 is 0. The highest BCUT2D eigenvalue weighted by molar-refractivity contribution is 6.03. The molecular formula is C20H20N2O6. The Labute approximate surface area is 160 Å². The minimum atomic E-state index is -0.714. The third-order valence-corrected chi connectivity index (χ3v) is 4.29. The molecule has 0 saturated heterocycles. The number of benzene rings is 1. The summed E-state index contributed by atoms with van der Waals surface area (Å²) in [4.78, 5) is 25.6. The number of aromatic hydroxyl groups is 1. The van der Waals surface area contributed by atoms with Crippen molar-refractivity contribution in [2.24, 2.45) is 0 Å². The highest BCUT2D eigenvalue weighted by atomic mass is 16.5. The third-order valence-electron chi connectivity index (χ3n) is 4.29. The number of hydrogen-bond acceptors (Lipinski definition) is 6. The number of ether oxygens (including phenoxy) is 2. The van der Waals surface area contributed by atoms with Crippen molar-refractivity contribution >= 4 is 16.8 Å². The molecule has 0 bridgehead atoms. The molecule has 0 unspecified atom stereocenters. The van der Waals surface area contributed by atoms with E-state index in [0.29, 0.717) is 22.8 Å². The lowest BCUT2D eigenvalue weighted by molar-refractivity contribution is 0.0943. The molecule has 146 valence electrons. The van der Waals surface area contributed by atoms with Crippen LogP contribution in [0.3, 0.4) is 0 Å². The van der Waals surface area contributed by atoms with E-state index in [1.54, 1.807) is 18.2 Å². The maximum Gasteiger partial charge on any atom is 0.268 e. The van der Waals surface area contributed by atoms with Crippen molar-refractivity contribution in [3.05, 3.63) is 64.9 Å². The van der Waals surface area contributed by atoms with Gasteiger partial charge in [-0.15, -0.1) is 6.58 Å². The van der Waals surface area contributed by atoms with Gasteiger partial charge in [0.15, 0.2) is 11.5 Å². The SMILES string of the molecule is C=CCn1c(=O)c(C(=O)NCc2ccco2)c(O)c2cc(OC)c(OC)cc21. The predicted octanol–water partition coefficient (Wildman–Crippen LogP) is 2.43. The number of rotatable bonds is 7. The molecule has 8 heteroatoms. The Morgan fingerprint density at radius 1 is 1.32 bits per heavy atom. The topological polar surface area (TPSA) is 103 Å². The van der Waals surface area contributed by atoms with Gasteiger partial charge in [0.05, 0.1) is 32.5 Å². The number of carbonyl (C=O) groups excluding carboxylic acids is 1. The monoisotopic (exact) mass is 384 g/mol. The normalized spacial score (nSPS) is 10.6. The van der Waals surface area contributed by atoms with Gasteiger partial charge in [-0.2, -0.15) is 0 Å². The van der Waals surface area contributed by atoms with Gasteiger partial charge in [0.25, 0.3) is 11.5 Å². The van der Waals surface area contributed by atoms with Crippen LogP contribution in [0.2, 0.25) is 0 Å². The van der Waals surface area contributed by atoms with E-state index >= 15 is 0 Å². The molecule has 3 aromatic rings. The zero-order valence-corrected chi connectivity index (χ0v) is 15.5. The van der Waals surface area contributed by atoms with Gasteiger partial charge < -0.3 is 28.9 Å². The Hall–Kier alpha value is -3.68. The zero-order chi connectivity index (χ0) is 20.3. The average Bonchev–Trinajstić information content (AvgIpc) is 3.22. The van der Waals surface area contributed by atoms with E-state index in [9.17, 15) is 14.7 Å². The van der Waals surface area contributed by atoms with E-state index in [-0.39, 0.29) is 24.0 Å². The van der Waals surface area contributed by atoms with E-state index in [1.165, 1.54) is 37.2 Å². The molecule has 0 radical (unpaired) electrons. The van der Waals surface area contributed by atoms with Crippen molar-refractivity contribution in [3.8, 4) is 17.2 Å². The molecule has 2 N–H and O–H groups in total. The maximum absolute atomic E-state index is 12.9. The smallest absolute Gasteiger partial charge is 0.268 e. The van der Waals surface area contributed by atoms with E-state index in [2.05, 4.69) is 11.9 Å². The summed E-state index contributed by atoms with van der Waals surface area (Å²) in [5, 5.41) is 13.6. The number of amides is 1. The Morgan fingerprint density at radius 3 is 2.64 bits per heavy atom. The Kier molecular flexibility index (Phi) is 5.39. The highest BCUT2D eigenvalue weighted by Gasteiger charge is 2.23. The van der Waals surface area contributed by atoms with Crippen LogP contribution in [0.1, 0.15) is 16.1 Å². The van der Waals surface area contributed by atoms with Crippen LogP contribution >= 0.6 is 0 Å². The Bertz CT molecular complexity index is 1080. The van der Waals surface area contributed by atoms with Crippen molar-refractivity contribution in [2.75, 3.05) is 14.2 Å². The molecule has 0 aliphatic rings. The van der Waals surface area contributed by atoms with Gasteiger partial charge in [-0.3, -0.25) is 9.59 Å². The van der Waals surface area contributed by atoms with Crippen molar-refractivity contribution in [1.82, 2.24) is 9.88 Å². The summed E-state index contributed by atoms with van der Waals surface area (Å²) in [5.74, 6) is 0.121. The van der Waals surface area contributed by atoms with Gasteiger partial charge in [-0.25, -0.2) is 0 Å². The summed E-state index contributed by atoms with van der Waals surface area (Å²) < 4.78 is 17.1. The molecule has 0 spiro atoms. The van der Waals surface area contributed by atoms with Crippen molar-refractivity contribution in [3.63, 3.8) is 0 Å². The van der Waals surface area contributed by atoms with Crippen LogP contribution in [0.25, 0.3) is 10.9 Å². The lowest BCUT2D eigenvalue weighted by atomic mass is 10.1. The highest BCUT2D eigenvalue weighted by Crippen LogP contribution is 2.36. The van der Waals surface area contributed by atoms with Crippen LogP contribution in [-0.4, -0.2) is 29.8 Å². The number of nitrogens with one attached hydrogen (secondary N) is 1. The number of pyridine rings is 1. The van der Waals surface area contributed by atoms with Gasteiger partial charge in [0, 0.05) is 18.0 Å². The standard InChI is InChI=1S/C20H20N2O6/c1-4-7-22-14-10-16(27-3)15(26-2)9-13(14)18(23)17(20(22)25)19(24)21-11-12-6-5-8-28-12/h4-6,8-10,23H,1,7,11H2,2-3H3,(H,21,24). The molecule has 28 heavy (non-hydrogen) atoms. The first-order chi connectivity index (χ1) is 13.5. The predicted molar refractivity (Wildman–Crippen MR) is 103 cm³/mol. The number of methoxy groups -OCH3 is 2. The number of aromatic nitrogens is 1. The first-order valence-electron chi connectivity index (χ1n) is 8.44. The van der Waals surface area contributed by atoms with Crippen LogP contribution in [-0.2, 0) is 13.1 Å². The lowest BCUT2D eigenvalue weighted by Gasteiger charge is -2.16. The van der Waals surface area contributed by atoms with Crippen LogP contribution in [0.5, 0.6) is 17.2 Å². The molecule has 0 atom stereocenters. The number of nitrogens with zero attached hydrogens (tertiary/aromatic N) is 1. The summed E-state index contributed by atoms with van der Waals surface area (Å²) in [6, 6.07) is 6.47. The molecular weight excluding hydrogens is 364 g/mol. The van der Waals surface area contributed by atoms with Gasteiger partial charge in [-0.05, 0) is 18.2 Å². The molecule has 0 fully saturated rings. The summed E-state index contributed by atoms with van der Waals surface area (Å²) in [5.41, 5.74) is -0.621. The molecule has 3 rings (SSSR count). The quantitative estimate of drug-likeness (QED) is 0.607. The number of carbonyl (C=O) groups is 1. The molecule has 0 aliphatic heterocycles. The number of allylic oxidation sites excluding steroid dienone is 1. The second-order valence-corrected chi connectivity index (χ2v) is 5.91. The van der Waals surface area contributed by atoms with Gasteiger partial charge in [0.2, 0.25) is 0 Å². The lowest BCUT2D eigenvalue weighted by Crippen LogP contribution is -2.33. The third kappa shape index (κ3) is 3.32. The fourth-order valence-electron chi connectivity index (χ4n) is 2.95. The Morgan fingerprint density at radius 2 is 2.04 bits per heavy atom. The molecule has 0 saturated carbocycles. The second-order valence-electron chi connectivity index (χ2n) is 5.91. The molecule has 2 heterocycles. The van der Waals surface area contributed by atoms with Gasteiger partial charge >= 0.3 is 0 Å². The molecule has 1 amide bonds. The fourth-order valence-corrected chi connectivity index (χ4v) is 2.95. The molecule has 8 nitrogen and oxygen atoms in total. The van der Waals surface area contributed by atoms with Crippen LogP contribution < -0.4 is 20.3 Å². The summed E-state index contributed by atoms with van der Waals surface area (Å²) in [6.07, 6.45) is 3.00. The molecule has 1 aromatic carbocycles. The number of fused-ring (bicyclic) bond motifs is 1. The zero-order valence-electron chi connectivity index (χ0n) is 15.5. The molecule has 0 aliphatic carbocycles. The number of hydrogen-bond donors (Lipinski definition) is 2. The number of furan rings is 1.